The summed E-state index contributed by atoms with van der Waals surface area (Å²) in [5.74, 6) is 1.19. The summed E-state index contributed by atoms with van der Waals surface area (Å²) in [6, 6.07) is 0. The van der Waals surface area contributed by atoms with Gasteiger partial charge in [-0.3, -0.25) is 0 Å². The number of aromatic amines is 1. The van der Waals surface area contributed by atoms with E-state index in [1.165, 1.54) is 88.3 Å². The lowest BCUT2D eigenvalue weighted by Gasteiger charge is -2.02. The highest BCUT2D eigenvalue weighted by Gasteiger charge is 2.03. The molecule has 0 aliphatic heterocycles. The quantitative estimate of drug-likeness (QED) is 0.283. The molecule has 0 aliphatic rings. The number of H-pyrrole nitrogens is 1. The fraction of sp³-hybridized carbons (Fsp3) is 0.737. The lowest BCUT2D eigenvalue weighted by atomic mass is 10.1. The zero-order valence-electron chi connectivity index (χ0n) is 14.6. The summed E-state index contributed by atoms with van der Waals surface area (Å²) in [5.41, 5.74) is 2.30. The number of fused-ring (bicyclic) bond motifs is 1. The molecular formula is C19H32N2S2. The first-order chi connectivity index (χ1) is 11.4. The third kappa shape index (κ3) is 7.75. The van der Waals surface area contributed by atoms with Gasteiger partial charge in [0.25, 0.3) is 0 Å². The van der Waals surface area contributed by atoms with Crippen LogP contribution in [0.5, 0.6) is 0 Å². The maximum atomic E-state index is 4.58. The molecule has 2 heterocycles. The average Bonchev–Trinajstić information content (AvgIpc) is 3.13. The maximum Gasteiger partial charge on any atom is 0.166 e. The second-order valence-electron chi connectivity index (χ2n) is 6.45. The van der Waals surface area contributed by atoms with Gasteiger partial charge in [0.05, 0.1) is 5.52 Å². The van der Waals surface area contributed by atoms with Crippen LogP contribution >= 0.6 is 23.1 Å². The van der Waals surface area contributed by atoms with E-state index in [1.54, 1.807) is 11.3 Å². The molecule has 0 radical (unpaired) electrons. The number of hydrogen-bond acceptors (Lipinski definition) is 3. The van der Waals surface area contributed by atoms with Gasteiger partial charge >= 0.3 is 0 Å². The fourth-order valence-electron chi connectivity index (χ4n) is 2.90. The summed E-state index contributed by atoms with van der Waals surface area (Å²) in [4.78, 5) is 7.97. The zero-order chi connectivity index (χ0) is 16.2. The van der Waals surface area contributed by atoms with Crippen molar-refractivity contribution in [1.29, 1.82) is 0 Å². The van der Waals surface area contributed by atoms with Crippen molar-refractivity contribution in [3.05, 3.63) is 10.8 Å². The number of hydrogen-bond donors (Lipinski definition) is 1. The Bertz CT molecular complexity index is 490. The minimum Gasteiger partial charge on any atom is -0.332 e. The molecular weight excluding hydrogens is 320 g/mol. The summed E-state index contributed by atoms with van der Waals surface area (Å²) in [5, 5.41) is 5.33. The highest BCUT2D eigenvalue weighted by Crippen LogP contribution is 2.23. The molecule has 0 saturated carbocycles. The Morgan fingerprint density at radius 3 is 2.09 bits per heavy atom. The van der Waals surface area contributed by atoms with E-state index in [-0.39, 0.29) is 0 Å². The molecule has 1 N–H and O–H groups in total. The summed E-state index contributed by atoms with van der Waals surface area (Å²) < 4.78 is 0. The van der Waals surface area contributed by atoms with Gasteiger partial charge in [-0.2, -0.15) is 0 Å². The number of thioether (sulfide) groups is 1. The minimum atomic E-state index is 1.09. The van der Waals surface area contributed by atoms with Crippen LogP contribution in [-0.4, -0.2) is 15.7 Å². The van der Waals surface area contributed by atoms with Gasteiger partial charge in [0.15, 0.2) is 5.16 Å². The molecule has 130 valence electrons. The van der Waals surface area contributed by atoms with Crippen molar-refractivity contribution in [2.24, 2.45) is 0 Å². The molecule has 2 aromatic heterocycles. The fourth-order valence-corrected chi connectivity index (χ4v) is 4.48. The van der Waals surface area contributed by atoms with Crippen molar-refractivity contribution >= 4 is 34.1 Å². The number of unbranched alkanes of at least 4 members (excludes halogenated alkanes) is 11. The zero-order valence-corrected chi connectivity index (χ0v) is 16.2. The Morgan fingerprint density at radius 2 is 1.48 bits per heavy atom. The number of nitrogens with zero attached hydrogens (tertiary/aromatic N) is 1. The average molecular weight is 353 g/mol. The summed E-state index contributed by atoms with van der Waals surface area (Å²) >= 11 is 3.58. The van der Waals surface area contributed by atoms with Crippen molar-refractivity contribution in [3.8, 4) is 0 Å². The first-order valence-corrected chi connectivity index (χ1v) is 11.4. The van der Waals surface area contributed by atoms with Gasteiger partial charge in [-0.1, -0.05) is 89.3 Å². The van der Waals surface area contributed by atoms with Crippen LogP contribution in [0.15, 0.2) is 15.9 Å². The second-order valence-corrected chi connectivity index (χ2v) is 8.28. The summed E-state index contributed by atoms with van der Waals surface area (Å²) in [7, 11) is 0. The van der Waals surface area contributed by atoms with Gasteiger partial charge in [-0.25, -0.2) is 4.98 Å². The molecule has 0 bridgehead atoms. The van der Waals surface area contributed by atoms with Gasteiger partial charge < -0.3 is 4.98 Å². The lowest BCUT2D eigenvalue weighted by molar-refractivity contribution is 0.548. The number of imidazole rings is 1. The van der Waals surface area contributed by atoms with Crippen molar-refractivity contribution in [1.82, 2.24) is 9.97 Å². The molecule has 2 nitrogen and oxygen atoms in total. The predicted molar refractivity (Wildman–Crippen MR) is 106 cm³/mol. The normalized spacial score (nSPS) is 11.5. The summed E-state index contributed by atoms with van der Waals surface area (Å²) in [6.45, 7) is 2.29. The molecule has 2 aromatic rings. The van der Waals surface area contributed by atoms with E-state index in [2.05, 4.69) is 27.7 Å². The molecule has 0 unspecified atom stereocenters. The van der Waals surface area contributed by atoms with Crippen molar-refractivity contribution in [3.63, 3.8) is 0 Å². The Hall–Kier alpha value is -0.480. The smallest absolute Gasteiger partial charge is 0.166 e. The van der Waals surface area contributed by atoms with Crippen LogP contribution in [0.2, 0.25) is 0 Å². The van der Waals surface area contributed by atoms with Gasteiger partial charge in [0.2, 0.25) is 0 Å². The molecule has 0 aliphatic carbocycles. The number of thiophene rings is 1. The molecule has 4 heteroatoms. The van der Waals surface area contributed by atoms with Crippen molar-refractivity contribution < 1.29 is 0 Å². The largest absolute Gasteiger partial charge is 0.332 e. The highest BCUT2D eigenvalue weighted by atomic mass is 32.2. The van der Waals surface area contributed by atoms with Crippen LogP contribution in [0.1, 0.15) is 84.0 Å². The van der Waals surface area contributed by atoms with E-state index in [9.17, 15) is 0 Å². The van der Waals surface area contributed by atoms with Crippen LogP contribution in [0, 0.1) is 0 Å². The van der Waals surface area contributed by atoms with Gasteiger partial charge in [0, 0.05) is 16.5 Å². The molecule has 0 aromatic carbocycles. The van der Waals surface area contributed by atoms with E-state index in [0.717, 1.165) is 10.7 Å². The topological polar surface area (TPSA) is 28.7 Å². The maximum absolute atomic E-state index is 4.58. The van der Waals surface area contributed by atoms with Gasteiger partial charge in [-0.05, 0) is 6.42 Å². The van der Waals surface area contributed by atoms with E-state index >= 15 is 0 Å². The molecule has 23 heavy (non-hydrogen) atoms. The van der Waals surface area contributed by atoms with Crippen molar-refractivity contribution in [2.75, 3.05) is 5.75 Å². The van der Waals surface area contributed by atoms with Gasteiger partial charge in [0.1, 0.15) is 5.52 Å². The van der Waals surface area contributed by atoms with Crippen molar-refractivity contribution in [2.45, 2.75) is 89.1 Å². The first kappa shape index (κ1) is 18.9. The SMILES string of the molecule is CCCCCCCCCCCCCCSc1nc2cscc2[nH]1. The number of rotatable bonds is 14. The second kappa shape index (κ2) is 12.0. The third-order valence-corrected chi connectivity index (χ3v) is 6.03. The predicted octanol–water partition coefficient (Wildman–Crippen LogP) is 7.42. The Labute approximate surface area is 149 Å². The highest BCUT2D eigenvalue weighted by molar-refractivity contribution is 7.99. The Balaban J connectivity index is 1.35. The number of nitrogens with one attached hydrogen (secondary N) is 1. The van der Waals surface area contributed by atoms with E-state index in [1.807, 2.05) is 11.8 Å². The van der Waals surface area contributed by atoms with E-state index in [4.69, 9.17) is 0 Å². The van der Waals surface area contributed by atoms with Crippen LogP contribution in [0.4, 0.5) is 0 Å². The molecule has 0 amide bonds. The van der Waals surface area contributed by atoms with E-state index in [0.29, 0.717) is 0 Å². The monoisotopic (exact) mass is 352 g/mol. The Morgan fingerprint density at radius 1 is 0.870 bits per heavy atom. The standard InChI is InChI=1S/C19H32N2S2/c1-2-3-4-5-6-7-8-9-10-11-12-13-14-23-19-20-17-15-22-16-18(17)21-19/h15-16H,2-14H2,1H3,(H,20,21). The van der Waals surface area contributed by atoms with Crippen LogP contribution in [0.25, 0.3) is 11.0 Å². The molecule has 0 saturated heterocycles. The van der Waals surface area contributed by atoms with Gasteiger partial charge in [-0.15, -0.1) is 11.3 Å². The van der Waals surface area contributed by atoms with Crippen LogP contribution < -0.4 is 0 Å². The van der Waals surface area contributed by atoms with Crippen LogP contribution in [0.3, 0.4) is 0 Å². The first-order valence-electron chi connectivity index (χ1n) is 9.45. The number of aromatic nitrogens is 2. The molecule has 0 spiro atoms. The Kier molecular flexibility index (Phi) is 9.81. The molecule has 0 fully saturated rings. The van der Waals surface area contributed by atoms with Crippen LogP contribution in [-0.2, 0) is 0 Å². The molecule has 0 atom stereocenters. The summed E-state index contributed by atoms with van der Waals surface area (Å²) in [6.07, 6.45) is 17.0. The lowest BCUT2D eigenvalue weighted by Crippen LogP contribution is -1.85. The minimum absolute atomic E-state index is 1.09. The third-order valence-electron chi connectivity index (χ3n) is 4.34. The van der Waals surface area contributed by atoms with E-state index < -0.39 is 0 Å². The molecule has 2 rings (SSSR count).